The van der Waals surface area contributed by atoms with Gasteiger partial charge in [0.05, 0.1) is 27.5 Å². The van der Waals surface area contributed by atoms with Crippen molar-refractivity contribution in [2.75, 3.05) is 0 Å². The number of hydrogen-bond donors (Lipinski definition) is 1. The topological polar surface area (TPSA) is 55.1 Å². The van der Waals surface area contributed by atoms with Gasteiger partial charge in [-0.15, -0.1) is 0 Å². The molecule has 2 aromatic rings. The number of aromatic nitrogens is 2. The highest BCUT2D eigenvalue weighted by Crippen LogP contribution is 2.30. The summed E-state index contributed by atoms with van der Waals surface area (Å²) in [5.74, 6) is 0.0238. The Morgan fingerprint density at radius 1 is 1.29 bits per heavy atom. The van der Waals surface area contributed by atoms with E-state index in [9.17, 15) is 4.79 Å². The van der Waals surface area contributed by atoms with E-state index in [1.54, 1.807) is 12.1 Å². The van der Waals surface area contributed by atoms with E-state index in [-0.39, 0.29) is 11.8 Å². The maximum Gasteiger partial charge on any atom is 0.305 e. The van der Waals surface area contributed by atoms with Crippen LogP contribution in [0, 0.1) is 5.41 Å². The molecule has 0 spiro atoms. The lowest BCUT2D eigenvalue weighted by molar-refractivity contribution is -0.137. The first-order valence-electron chi connectivity index (χ1n) is 6.73. The van der Waals surface area contributed by atoms with Crippen LogP contribution in [0.4, 0.5) is 0 Å². The highest BCUT2D eigenvalue weighted by Gasteiger charge is 2.19. The largest absolute Gasteiger partial charge is 0.481 e. The van der Waals surface area contributed by atoms with E-state index in [2.05, 4.69) is 25.8 Å². The van der Waals surface area contributed by atoms with Crippen LogP contribution in [0.2, 0.25) is 10.0 Å². The molecule has 1 heterocycles. The molecule has 1 aromatic heterocycles. The molecule has 0 aliphatic rings. The minimum absolute atomic E-state index is 0.0445. The van der Waals surface area contributed by atoms with Gasteiger partial charge in [0, 0.05) is 13.0 Å². The molecule has 1 N–H and O–H groups in total. The minimum Gasteiger partial charge on any atom is -0.481 e. The third-order valence-electron chi connectivity index (χ3n) is 3.11. The molecule has 0 saturated heterocycles. The molecule has 4 nitrogen and oxygen atoms in total. The molecule has 1 aromatic carbocycles. The number of rotatable bonds is 4. The summed E-state index contributed by atoms with van der Waals surface area (Å²) in [6.45, 7) is 6.73. The molecule has 0 bridgehead atoms. The van der Waals surface area contributed by atoms with Crippen molar-refractivity contribution < 1.29 is 9.90 Å². The molecule has 0 saturated carbocycles. The molecule has 0 amide bonds. The quantitative estimate of drug-likeness (QED) is 0.904. The number of fused-ring (bicyclic) bond motifs is 1. The van der Waals surface area contributed by atoms with Crippen LogP contribution in [-0.2, 0) is 17.8 Å². The van der Waals surface area contributed by atoms with Crippen LogP contribution in [0.5, 0.6) is 0 Å². The summed E-state index contributed by atoms with van der Waals surface area (Å²) in [6.07, 6.45) is 0.791. The highest BCUT2D eigenvalue weighted by molar-refractivity contribution is 6.42. The van der Waals surface area contributed by atoms with Crippen LogP contribution in [-0.4, -0.2) is 20.6 Å². The van der Waals surface area contributed by atoms with Gasteiger partial charge in [0.2, 0.25) is 0 Å². The number of hydrogen-bond acceptors (Lipinski definition) is 2. The van der Waals surface area contributed by atoms with Gasteiger partial charge in [-0.25, -0.2) is 4.98 Å². The van der Waals surface area contributed by atoms with Crippen molar-refractivity contribution in [2.45, 2.75) is 40.2 Å². The van der Waals surface area contributed by atoms with Crippen molar-refractivity contribution in [1.82, 2.24) is 9.55 Å². The number of carboxylic acids is 1. The van der Waals surface area contributed by atoms with Crippen LogP contribution >= 0.6 is 23.2 Å². The Morgan fingerprint density at radius 2 is 1.90 bits per heavy atom. The normalized spacial score (nSPS) is 12.0. The summed E-state index contributed by atoms with van der Waals surface area (Å²) >= 11 is 12.1. The second-order valence-electron chi connectivity index (χ2n) is 6.32. The first-order valence-corrected chi connectivity index (χ1v) is 7.49. The number of imidazole rings is 1. The first-order chi connectivity index (χ1) is 9.67. The molecule has 114 valence electrons. The van der Waals surface area contributed by atoms with Crippen LogP contribution < -0.4 is 0 Å². The average molecular weight is 329 g/mol. The van der Waals surface area contributed by atoms with E-state index >= 15 is 0 Å². The van der Waals surface area contributed by atoms with Crippen LogP contribution in [0.25, 0.3) is 11.0 Å². The Morgan fingerprint density at radius 3 is 2.48 bits per heavy atom. The van der Waals surface area contributed by atoms with Gasteiger partial charge in [0.1, 0.15) is 5.82 Å². The Kier molecular flexibility index (Phi) is 4.49. The van der Waals surface area contributed by atoms with Gasteiger partial charge in [-0.2, -0.15) is 0 Å². The van der Waals surface area contributed by atoms with Gasteiger partial charge in [-0.1, -0.05) is 44.0 Å². The fraction of sp³-hybridized carbons (Fsp3) is 0.467. The molecule has 2 rings (SSSR count). The van der Waals surface area contributed by atoms with Gasteiger partial charge < -0.3 is 9.67 Å². The summed E-state index contributed by atoms with van der Waals surface area (Å²) in [6, 6.07) is 3.48. The van der Waals surface area contributed by atoms with E-state index < -0.39 is 5.97 Å². The Balaban J connectivity index is 2.54. The molecule has 6 heteroatoms. The fourth-order valence-electron chi connectivity index (χ4n) is 2.24. The SMILES string of the molecule is CC(C)(C)Cc1nc2cc(Cl)c(Cl)cc2n1CCC(=O)O. The molecule has 0 radical (unpaired) electrons. The fourth-order valence-corrected chi connectivity index (χ4v) is 2.55. The standard InChI is InChI=1S/C15H18Cl2N2O2/c1-15(2,3)8-13-18-11-6-9(16)10(17)7-12(11)19(13)5-4-14(20)21/h6-7H,4-5,8H2,1-3H3,(H,20,21). The zero-order valence-electron chi connectivity index (χ0n) is 12.3. The number of aliphatic carboxylic acids is 1. The summed E-state index contributed by atoms with van der Waals surface area (Å²) in [4.78, 5) is 15.5. The van der Waals surface area contributed by atoms with E-state index in [1.807, 2.05) is 4.57 Å². The van der Waals surface area contributed by atoms with Crippen molar-refractivity contribution in [1.29, 1.82) is 0 Å². The lowest BCUT2D eigenvalue weighted by Gasteiger charge is -2.18. The third-order valence-corrected chi connectivity index (χ3v) is 3.83. The van der Waals surface area contributed by atoms with E-state index in [4.69, 9.17) is 28.3 Å². The summed E-state index contributed by atoms with van der Waals surface area (Å²) in [7, 11) is 0. The summed E-state index contributed by atoms with van der Waals surface area (Å²) in [5.41, 5.74) is 1.62. The van der Waals surface area contributed by atoms with E-state index in [0.717, 1.165) is 23.3 Å². The molecule has 0 atom stereocenters. The second-order valence-corrected chi connectivity index (χ2v) is 7.13. The zero-order chi connectivity index (χ0) is 15.8. The number of halogens is 2. The zero-order valence-corrected chi connectivity index (χ0v) is 13.8. The number of carboxylic acid groups (broad SMARTS) is 1. The third kappa shape index (κ3) is 3.89. The molecule has 0 aliphatic heterocycles. The first kappa shape index (κ1) is 16.1. The maximum absolute atomic E-state index is 10.9. The van der Waals surface area contributed by atoms with Crippen LogP contribution in [0.1, 0.15) is 33.0 Å². The summed E-state index contributed by atoms with van der Waals surface area (Å²) < 4.78 is 1.93. The van der Waals surface area contributed by atoms with Gasteiger partial charge in [-0.3, -0.25) is 4.79 Å². The number of nitrogens with zero attached hydrogens (tertiary/aromatic N) is 2. The average Bonchev–Trinajstić information content (AvgIpc) is 2.62. The lowest BCUT2D eigenvalue weighted by Crippen LogP contribution is -2.15. The summed E-state index contributed by atoms with van der Waals surface area (Å²) in [5, 5.41) is 9.83. The van der Waals surface area contributed by atoms with Crippen molar-refractivity contribution in [2.24, 2.45) is 5.41 Å². The maximum atomic E-state index is 10.9. The van der Waals surface area contributed by atoms with E-state index in [0.29, 0.717) is 16.6 Å². The smallest absolute Gasteiger partial charge is 0.305 e. The number of carbonyl (C=O) groups is 1. The number of benzene rings is 1. The van der Waals surface area contributed by atoms with E-state index in [1.165, 1.54) is 0 Å². The lowest BCUT2D eigenvalue weighted by atomic mass is 9.92. The predicted molar refractivity (Wildman–Crippen MR) is 85.2 cm³/mol. The van der Waals surface area contributed by atoms with Crippen LogP contribution in [0.3, 0.4) is 0 Å². The Labute approximate surface area is 133 Å². The van der Waals surface area contributed by atoms with Gasteiger partial charge in [0.25, 0.3) is 0 Å². The van der Waals surface area contributed by atoms with Gasteiger partial charge in [0.15, 0.2) is 0 Å². The van der Waals surface area contributed by atoms with Crippen LogP contribution in [0.15, 0.2) is 12.1 Å². The van der Waals surface area contributed by atoms with Crippen molar-refractivity contribution >= 4 is 40.2 Å². The predicted octanol–water partition coefficient (Wildman–Crippen LogP) is 4.41. The van der Waals surface area contributed by atoms with Crippen molar-refractivity contribution in [3.8, 4) is 0 Å². The Bertz CT molecular complexity index is 687. The van der Waals surface area contributed by atoms with Gasteiger partial charge in [-0.05, 0) is 17.5 Å². The minimum atomic E-state index is -0.835. The molecule has 0 aliphatic carbocycles. The number of aryl methyl sites for hydroxylation is 1. The molecule has 21 heavy (non-hydrogen) atoms. The monoisotopic (exact) mass is 328 g/mol. The second kappa shape index (κ2) is 5.85. The molecular weight excluding hydrogens is 311 g/mol. The van der Waals surface area contributed by atoms with Crippen molar-refractivity contribution in [3.63, 3.8) is 0 Å². The molecule has 0 unspecified atom stereocenters. The van der Waals surface area contributed by atoms with Crippen molar-refractivity contribution in [3.05, 3.63) is 28.0 Å². The van der Waals surface area contributed by atoms with Gasteiger partial charge >= 0.3 is 5.97 Å². The molecular formula is C15H18Cl2N2O2. The highest BCUT2D eigenvalue weighted by atomic mass is 35.5. The Hall–Kier alpha value is -1.26. The molecule has 0 fully saturated rings.